The number of thioether (sulfide) groups is 1. The standard InChI is InChI=1S/C17H17BrClN3O2S/c18-17(21-20)22(9-25-8-15(23)24)16-12-4-2-1-3-11(12)13(7-14(16)19)10-5-6-10/h1-4,7,10H,5-6,8-9,20H2,(H,23,24)/b21-17-. The molecular formula is C17H17BrClN3O2S. The summed E-state index contributed by atoms with van der Waals surface area (Å²) in [4.78, 5) is 12.6. The first kappa shape index (κ1) is 18.4. The van der Waals surface area contributed by atoms with E-state index < -0.39 is 5.97 Å². The van der Waals surface area contributed by atoms with Crippen molar-refractivity contribution < 1.29 is 9.90 Å². The first-order chi connectivity index (χ1) is 12.0. The summed E-state index contributed by atoms with van der Waals surface area (Å²) in [5.41, 5.74) is 2.05. The van der Waals surface area contributed by atoms with Crippen LogP contribution in [0, 0.1) is 0 Å². The van der Waals surface area contributed by atoms with Gasteiger partial charge in [0.15, 0.2) is 4.74 Å². The first-order valence-corrected chi connectivity index (χ1v) is 10.1. The van der Waals surface area contributed by atoms with E-state index >= 15 is 0 Å². The lowest BCUT2D eigenvalue weighted by Crippen LogP contribution is -2.28. The quantitative estimate of drug-likeness (QED) is 0.171. The van der Waals surface area contributed by atoms with Crippen LogP contribution in [0.2, 0.25) is 5.02 Å². The zero-order chi connectivity index (χ0) is 18.0. The Hall–Kier alpha value is -1.44. The minimum Gasteiger partial charge on any atom is -0.481 e. The van der Waals surface area contributed by atoms with Crippen LogP contribution in [0.4, 0.5) is 5.69 Å². The highest BCUT2D eigenvalue weighted by Crippen LogP contribution is 2.47. The van der Waals surface area contributed by atoms with Gasteiger partial charge in [0, 0.05) is 5.39 Å². The van der Waals surface area contributed by atoms with Gasteiger partial charge in [-0.2, -0.15) is 5.10 Å². The Morgan fingerprint density at radius 2 is 2.08 bits per heavy atom. The van der Waals surface area contributed by atoms with Gasteiger partial charge in [0.1, 0.15) is 0 Å². The van der Waals surface area contributed by atoms with E-state index in [1.165, 1.54) is 30.2 Å². The Labute approximate surface area is 163 Å². The van der Waals surface area contributed by atoms with E-state index in [2.05, 4.69) is 27.1 Å². The van der Waals surface area contributed by atoms with Crippen LogP contribution in [0.5, 0.6) is 0 Å². The zero-order valence-corrected chi connectivity index (χ0v) is 16.4. The van der Waals surface area contributed by atoms with E-state index in [0.29, 0.717) is 21.6 Å². The van der Waals surface area contributed by atoms with Crippen molar-refractivity contribution >= 4 is 66.5 Å². The third-order valence-corrected chi connectivity index (χ3v) is 5.88. The average molecular weight is 443 g/mol. The van der Waals surface area contributed by atoms with Crippen LogP contribution in [-0.2, 0) is 4.79 Å². The van der Waals surface area contributed by atoms with Gasteiger partial charge in [-0.1, -0.05) is 35.9 Å². The van der Waals surface area contributed by atoms with Gasteiger partial charge in [0.25, 0.3) is 0 Å². The average Bonchev–Trinajstić information content (AvgIpc) is 3.43. The Balaban J connectivity index is 2.09. The van der Waals surface area contributed by atoms with Gasteiger partial charge < -0.3 is 15.8 Å². The van der Waals surface area contributed by atoms with Crippen molar-refractivity contribution in [2.75, 3.05) is 16.5 Å². The SMILES string of the molecule is N/N=C(/Br)N(CSCC(=O)O)c1c(Cl)cc(C2CC2)c2ccccc12. The number of anilines is 1. The molecule has 3 rings (SSSR count). The minimum atomic E-state index is -0.870. The largest absolute Gasteiger partial charge is 0.481 e. The van der Waals surface area contributed by atoms with Gasteiger partial charge in [-0.25, -0.2) is 0 Å². The Morgan fingerprint density at radius 1 is 1.40 bits per heavy atom. The first-order valence-electron chi connectivity index (χ1n) is 7.74. The summed E-state index contributed by atoms with van der Waals surface area (Å²) in [6.45, 7) is 0. The van der Waals surface area contributed by atoms with Crippen molar-refractivity contribution in [1.82, 2.24) is 0 Å². The number of amidine groups is 1. The van der Waals surface area contributed by atoms with Crippen LogP contribution in [0.15, 0.2) is 35.4 Å². The molecule has 5 nitrogen and oxygen atoms in total. The van der Waals surface area contributed by atoms with Gasteiger partial charge in [-0.05, 0) is 51.7 Å². The number of carboxylic acids is 1. The normalized spacial score (nSPS) is 14.7. The van der Waals surface area contributed by atoms with Crippen molar-refractivity contribution in [2.24, 2.45) is 10.9 Å². The van der Waals surface area contributed by atoms with Crippen molar-refractivity contribution in [3.63, 3.8) is 0 Å². The molecule has 0 bridgehead atoms. The molecule has 0 spiro atoms. The highest BCUT2D eigenvalue weighted by molar-refractivity contribution is 9.18. The maximum atomic E-state index is 10.8. The van der Waals surface area contributed by atoms with E-state index in [1.54, 1.807) is 4.90 Å². The smallest absolute Gasteiger partial charge is 0.313 e. The lowest BCUT2D eigenvalue weighted by atomic mass is 9.99. The van der Waals surface area contributed by atoms with Gasteiger partial charge in [0.05, 0.1) is 22.3 Å². The molecular weight excluding hydrogens is 426 g/mol. The maximum absolute atomic E-state index is 10.8. The second-order valence-electron chi connectivity index (χ2n) is 5.81. The molecule has 132 valence electrons. The van der Waals surface area contributed by atoms with Crippen molar-refractivity contribution in [1.29, 1.82) is 0 Å². The number of aliphatic carboxylic acids is 1. The fraction of sp³-hybridized carbons (Fsp3) is 0.294. The zero-order valence-electron chi connectivity index (χ0n) is 13.3. The molecule has 0 radical (unpaired) electrons. The number of halogens is 2. The molecule has 25 heavy (non-hydrogen) atoms. The molecule has 0 saturated heterocycles. The fourth-order valence-corrected chi connectivity index (χ4v) is 4.35. The molecule has 2 aromatic carbocycles. The third kappa shape index (κ3) is 4.04. The summed E-state index contributed by atoms with van der Waals surface area (Å²) in [5.74, 6) is 5.50. The summed E-state index contributed by atoms with van der Waals surface area (Å²) in [5, 5.41) is 15.4. The van der Waals surface area contributed by atoms with Gasteiger partial charge in [-0.15, -0.1) is 11.8 Å². The number of benzene rings is 2. The summed E-state index contributed by atoms with van der Waals surface area (Å²) in [7, 11) is 0. The maximum Gasteiger partial charge on any atom is 0.313 e. The number of rotatable bonds is 6. The van der Waals surface area contributed by atoms with Crippen LogP contribution in [0.25, 0.3) is 10.8 Å². The van der Waals surface area contributed by atoms with E-state index in [1.807, 2.05) is 24.3 Å². The van der Waals surface area contributed by atoms with Crippen LogP contribution in [-0.4, -0.2) is 27.5 Å². The van der Waals surface area contributed by atoms with Gasteiger partial charge in [-0.3, -0.25) is 4.79 Å². The highest BCUT2D eigenvalue weighted by atomic mass is 79.9. The number of fused-ring (bicyclic) bond motifs is 1. The lowest BCUT2D eigenvalue weighted by Gasteiger charge is -2.25. The molecule has 0 amide bonds. The molecule has 0 atom stereocenters. The number of nitrogens with zero attached hydrogens (tertiary/aromatic N) is 2. The van der Waals surface area contributed by atoms with E-state index in [4.69, 9.17) is 22.6 Å². The number of hydrogen-bond donors (Lipinski definition) is 2. The second kappa shape index (κ2) is 7.85. The molecule has 0 aromatic heterocycles. The summed E-state index contributed by atoms with van der Waals surface area (Å²) < 4.78 is 0.400. The topological polar surface area (TPSA) is 78.9 Å². The molecule has 1 fully saturated rings. The summed E-state index contributed by atoms with van der Waals surface area (Å²) in [6.07, 6.45) is 2.37. The molecule has 0 unspecified atom stereocenters. The Bertz CT molecular complexity index is 842. The van der Waals surface area contributed by atoms with Crippen LogP contribution in [0.1, 0.15) is 24.3 Å². The van der Waals surface area contributed by atoms with E-state index in [-0.39, 0.29) is 5.75 Å². The molecule has 1 aliphatic carbocycles. The van der Waals surface area contributed by atoms with Crippen LogP contribution < -0.4 is 10.7 Å². The monoisotopic (exact) mass is 441 g/mol. The molecule has 2 aromatic rings. The van der Waals surface area contributed by atoms with E-state index in [0.717, 1.165) is 16.5 Å². The molecule has 8 heteroatoms. The molecule has 0 aliphatic heterocycles. The number of nitrogens with two attached hydrogens (primary N) is 1. The number of hydrogen-bond acceptors (Lipinski definition) is 4. The predicted octanol–water partition coefficient (Wildman–Crippen LogP) is 4.58. The summed E-state index contributed by atoms with van der Waals surface area (Å²) in [6, 6.07) is 10.1. The fourth-order valence-electron chi connectivity index (χ4n) is 2.86. The number of hydrazone groups is 1. The van der Waals surface area contributed by atoms with Crippen molar-refractivity contribution in [2.45, 2.75) is 18.8 Å². The van der Waals surface area contributed by atoms with Crippen molar-refractivity contribution in [3.8, 4) is 0 Å². The Kier molecular flexibility index (Phi) is 5.76. The number of carbonyl (C=O) groups is 1. The van der Waals surface area contributed by atoms with Crippen LogP contribution >= 0.6 is 39.3 Å². The predicted molar refractivity (Wildman–Crippen MR) is 109 cm³/mol. The molecule has 3 N–H and O–H groups in total. The summed E-state index contributed by atoms with van der Waals surface area (Å²) >= 11 is 11.2. The lowest BCUT2D eigenvalue weighted by molar-refractivity contribution is -0.133. The molecule has 1 saturated carbocycles. The van der Waals surface area contributed by atoms with Crippen molar-refractivity contribution in [3.05, 3.63) is 40.9 Å². The number of carboxylic acid groups (broad SMARTS) is 1. The highest BCUT2D eigenvalue weighted by Gasteiger charge is 2.28. The third-order valence-electron chi connectivity index (χ3n) is 4.06. The molecule has 0 heterocycles. The molecule has 1 aliphatic rings. The van der Waals surface area contributed by atoms with Crippen LogP contribution in [0.3, 0.4) is 0 Å². The van der Waals surface area contributed by atoms with E-state index in [9.17, 15) is 4.79 Å². The van der Waals surface area contributed by atoms with Gasteiger partial charge in [0.2, 0.25) is 0 Å². The second-order valence-corrected chi connectivity index (χ2v) is 7.89. The Morgan fingerprint density at radius 3 is 2.68 bits per heavy atom. The minimum absolute atomic E-state index is 0.0168. The van der Waals surface area contributed by atoms with Gasteiger partial charge >= 0.3 is 5.97 Å².